The predicted molar refractivity (Wildman–Crippen MR) is 261 cm³/mol. The van der Waals surface area contributed by atoms with Crippen LogP contribution in [-0.2, 0) is 52.8 Å². The van der Waals surface area contributed by atoms with Crippen molar-refractivity contribution in [3.05, 3.63) is 89.7 Å². The largest absolute Gasteiger partial charge is 0.508 e. The first kappa shape index (κ1) is 56.3. The Morgan fingerprint density at radius 2 is 0.829 bits per heavy atom. The SMILES string of the molecule is CC(=O)N[C@@H](CCCN=C(N)N)C(=O)N[C@@H](Cc1ccc(O)cc1)C(=O)N[C@@H](Cc1ccc(O)cc1)C(=O)N[C@@H](CCCN=C(N)N)C(=O)N[C@@H](Cc1ccncc1)C(=O)N[C@@H](CCCCN)C(N)=O. The number of nitrogens with one attached hydrogen (secondary N) is 6. The second-order valence-electron chi connectivity index (χ2n) is 16.4. The second-order valence-corrected chi connectivity index (χ2v) is 16.4. The second kappa shape index (κ2) is 29.7. The van der Waals surface area contributed by atoms with Crippen molar-refractivity contribution in [2.75, 3.05) is 19.6 Å². The molecule has 0 bridgehead atoms. The van der Waals surface area contributed by atoms with Crippen LogP contribution < -0.4 is 66.3 Å². The van der Waals surface area contributed by atoms with E-state index in [9.17, 15) is 43.8 Å². The van der Waals surface area contributed by atoms with Crippen LogP contribution in [0.25, 0.3) is 0 Å². The van der Waals surface area contributed by atoms with E-state index >= 15 is 0 Å². The van der Waals surface area contributed by atoms with E-state index in [0.717, 1.165) is 0 Å². The standard InChI is InChI=1S/C46H67N15O9/c1-27(62)56-34(7-4-20-54-45(49)50)40(66)59-37(25-29-11-15-32(64)16-12-29)44(70)61-36(24-28-9-13-31(63)14-10-28)43(69)58-35(8-5-21-55-46(51)52)41(67)60-38(26-30-17-22-53-23-18-30)42(68)57-33(39(48)65)6-2-3-19-47/h9-18,22-23,33-38,63-64H,2-8,19-21,24-26,47H2,1H3,(H2,48,65)(H,56,62)(H,57,68)(H,58,69)(H,59,66)(H,60,67)(H,61,70)(H4,49,50,54)(H4,51,52,55)/t33-,34-,35-,36-,37-,38-/m0/s1. The summed E-state index contributed by atoms with van der Waals surface area (Å²) in [7, 11) is 0. The summed E-state index contributed by atoms with van der Waals surface area (Å²) in [5, 5.41) is 36.0. The van der Waals surface area contributed by atoms with Crippen LogP contribution in [-0.4, -0.2) is 124 Å². The van der Waals surface area contributed by atoms with E-state index in [1.807, 2.05) is 0 Å². The van der Waals surface area contributed by atoms with Gasteiger partial charge >= 0.3 is 0 Å². The van der Waals surface area contributed by atoms with Gasteiger partial charge in [0.1, 0.15) is 47.8 Å². The maximum atomic E-state index is 14.6. The van der Waals surface area contributed by atoms with Gasteiger partial charge in [-0.1, -0.05) is 24.3 Å². The van der Waals surface area contributed by atoms with Crippen molar-refractivity contribution >= 4 is 53.3 Å². The van der Waals surface area contributed by atoms with Gasteiger partial charge in [-0.05, 0) is 105 Å². The molecule has 20 N–H and O–H groups in total. The molecule has 3 aromatic rings. The van der Waals surface area contributed by atoms with Crippen molar-refractivity contribution in [1.82, 2.24) is 36.9 Å². The van der Waals surface area contributed by atoms with E-state index in [1.54, 1.807) is 12.1 Å². The molecule has 0 radical (unpaired) electrons. The van der Waals surface area contributed by atoms with Crippen LogP contribution in [0.5, 0.6) is 11.5 Å². The molecule has 3 rings (SSSR count). The zero-order valence-electron chi connectivity index (χ0n) is 39.1. The minimum Gasteiger partial charge on any atom is -0.508 e. The predicted octanol–water partition coefficient (Wildman–Crippen LogP) is -2.83. The minimum atomic E-state index is -1.45. The highest BCUT2D eigenvalue weighted by Crippen LogP contribution is 2.15. The summed E-state index contributed by atoms with van der Waals surface area (Å²) in [5.74, 6) is -5.81. The van der Waals surface area contributed by atoms with E-state index in [2.05, 4.69) is 46.9 Å². The number of pyridine rings is 1. The molecule has 1 heterocycles. The summed E-state index contributed by atoms with van der Waals surface area (Å²) in [6.07, 6.45) is 4.30. The molecule has 0 spiro atoms. The molecule has 6 atom stereocenters. The number of aliphatic imine (C=N–C) groups is 2. The van der Waals surface area contributed by atoms with Crippen molar-refractivity contribution in [1.29, 1.82) is 0 Å². The Hall–Kier alpha value is -8.02. The number of amides is 7. The maximum absolute atomic E-state index is 14.6. The third-order valence-corrected chi connectivity index (χ3v) is 10.7. The number of hydrogen-bond donors (Lipinski definition) is 14. The topological polar surface area (TPSA) is 426 Å². The molecule has 7 amide bonds. The molecular weight excluding hydrogens is 907 g/mol. The third-order valence-electron chi connectivity index (χ3n) is 10.7. The summed E-state index contributed by atoms with van der Waals surface area (Å²) < 4.78 is 0. The zero-order valence-corrected chi connectivity index (χ0v) is 39.1. The molecule has 24 nitrogen and oxygen atoms in total. The number of phenols is 2. The van der Waals surface area contributed by atoms with Crippen molar-refractivity contribution in [2.24, 2.45) is 44.4 Å². The number of carbonyl (C=O) groups is 7. The number of rotatable bonds is 30. The van der Waals surface area contributed by atoms with Crippen LogP contribution in [0.3, 0.4) is 0 Å². The van der Waals surface area contributed by atoms with Gasteiger partial charge < -0.3 is 76.5 Å². The summed E-state index contributed by atoms with van der Waals surface area (Å²) in [5.41, 5.74) is 34.8. The molecule has 0 saturated carbocycles. The molecule has 70 heavy (non-hydrogen) atoms. The molecule has 24 heteroatoms. The quantitative estimate of drug-likeness (QED) is 0.0182. The van der Waals surface area contributed by atoms with Gasteiger partial charge in [0.2, 0.25) is 41.4 Å². The average Bonchev–Trinajstić information content (AvgIpc) is 3.31. The number of guanidine groups is 2. The van der Waals surface area contributed by atoms with Gasteiger partial charge in [0.25, 0.3) is 0 Å². The molecule has 0 saturated heterocycles. The number of benzene rings is 2. The van der Waals surface area contributed by atoms with E-state index in [0.29, 0.717) is 36.1 Å². The number of carbonyl (C=O) groups excluding carboxylic acids is 7. The highest BCUT2D eigenvalue weighted by molar-refractivity contribution is 5.97. The molecule has 380 valence electrons. The number of phenolic OH excluding ortho intramolecular Hbond substituents is 2. The Morgan fingerprint density at radius 1 is 0.486 bits per heavy atom. The molecular formula is C46H67N15O9. The monoisotopic (exact) mass is 974 g/mol. The van der Waals surface area contributed by atoms with Crippen LogP contribution in [0, 0.1) is 0 Å². The normalized spacial score (nSPS) is 13.3. The van der Waals surface area contributed by atoms with E-state index < -0.39 is 77.6 Å². The molecule has 1 aromatic heterocycles. The van der Waals surface area contributed by atoms with E-state index in [1.165, 1.54) is 67.8 Å². The summed E-state index contributed by atoms with van der Waals surface area (Å²) in [6.45, 7) is 1.77. The van der Waals surface area contributed by atoms with Crippen molar-refractivity contribution in [3.8, 4) is 11.5 Å². The van der Waals surface area contributed by atoms with E-state index in [-0.39, 0.29) is 87.9 Å². The minimum absolute atomic E-state index is 0.0477. The molecule has 0 unspecified atom stereocenters. The molecule has 0 aliphatic heterocycles. The van der Waals surface area contributed by atoms with Crippen LogP contribution in [0.4, 0.5) is 0 Å². The lowest BCUT2D eigenvalue weighted by molar-refractivity contribution is -0.135. The van der Waals surface area contributed by atoms with Crippen molar-refractivity contribution in [2.45, 2.75) is 107 Å². The lowest BCUT2D eigenvalue weighted by Crippen LogP contribution is -2.60. The Kier molecular flexibility index (Phi) is 23.9. The summed E-state index contributed by atoms with van der Waals surface area (Å²) in [4.78, 5) is 108. The Labute approximate surface area is 405 Å². The van der Waals surface area contributed by atoms with Crippen LogP contribution >= 0.6 is 0 Å². The van der Waals surface area contributed by atoms with Gasteiger partial charge in [-0.15, -0.1) is 0 Å². The van der Waals surface area contributed by atoms with Crippen LogP contribution in [0.1, 0.15) is 68.6 Å². The Morgan fingerprint density at radius 3 is 1.20 bits per heavy atom. The number of nitrogens with zero attached hydrogens (tertiary/aromatic N) is 3. The number of unbranched alkanes of at least 4 members (excludes halogenated alkanes) is 1. The average molecular weight is 974 g/mol. The summed E-state index contributed by atoms with van der Waals surface area (Å²) >= 11 is 0. The third kappa shape index (κ3) is 21.3. The summed E-state index contributed by atoms with van der Waals surface area (Å²) in [6, 6.07) is 7.21. The fourth-order valence-electron chi connectivity index (χ4n) is 7.05. The first-order valence-electron chi connectivity index (χ1n) is 22.7. The van der Waals surface area contributed by atoms with Gasteiger partial charge in [0.15, 0.2) is 11.9 Å². The Bertz CT molecular complexity index is 2240. The number of hydrogen-bond acceptors (Lipinski definition) is 13. The number of aromatic hydroxyl groups is 2. The molecule has 0 aliphatic carbocycles. The zero-order chi connectivity index (χ0) is 51.6. The highest BCUT2D eigenvalue weighted by atomic mass is 16.3. The van der Waals surface area contributed by atoms with E-state index in [4.69, 9.17) is 34.4 Å². The first-order valence-corrected chi connectivity index (χ1v) is 22.7. The molecule has 2 aromatic carbocycles. The number of primary amides is 1. The van der Waals surface area contributed by atoms with Gasteiger partial charge in [0, 0.05) is 51.7 Å². The van der Waals surface area contributed by atoms with Crippen LogP contribution in [0.15, 0.2) is 83.0 Å². The van der Waals surface area contributed by atoms with Gasteiger partial charge in [-0.2, -0.15) is 0 Å². The highest BCUT2D eigenvalue weighted by Gasteiger charge is 2.33. The molecule has 0 fully saturated rings. The van der Waals surface area contributed by atoms with Gasteiger partial charge in [-0.3, -0.25) is 48.5 Å². The number of aromatic nitrogens is 1. The van der Waals surface area contributed by atoms with Crippen LogP contribution in [0.2, 0.25) is 0 Å². The Balaban J connectivity index is 2.02. The van der Waals surface area contributed by atoms with Crippen molar-refractivity contribution < 1.29 is 43.8 Å². The lowest BCUT2D eigenvalue weighted by atomic mass is 10.0. The molecule has 0 aliphatic rings. The fourth-order valence-corrected chi connectivity index (χ4v) is 7.05. The lowest BCUT2D eigenvalue weighted by Gasteiger charge is -2.28. The smallest absolute Gasteiger partial charge is 0.243 e. The van der Waals surface area contributed by atoms with Crippen molar-refractivity contribution in [3.63, 3.8) is 0 Å². The van der Waals surface area contributed by atoms with Gasteiger partial charge in [0.05, 0.1) is 0 Å². The fraction of sp³-hybridized carbons (Fsp3) is 0.435. The first-order chi connectivity index (χ1) is 33.3. The van der Waals surface area contributed by atoms with Gasteiger partial charge in [-0.25, -0.2) is 0 Å². The number of nitrogens with two attached hydrogens (primary N) is 6. The maximum Gasteiger partial charge on any atom is 0.243 e.